The van der Waals surface area contributed by atoms with Crippen LogP contribution in [0.5, 0.6) is 0 Å². The highest BCUT2D eigenvalue weighted by atomic mass is 16.2. The zero-order valence-corrected chi connectivity index (χ0v) is 17.3. The number of aromatic nitrogens is 2. The fourth-order valence-corrected chi connectivity index (χ4v) is 3.31. The molecule has 0 aliphatic carbocycles. The van der Waals surface area contributed by atoms with E-state index in [2.05, 4.69) is 34.7 Å². The fraction of sp³-hybridized carbons (Fsp3) is 0.273. The van der Waals surface area contributed by atoms with Crippen LogP contribution in [-0.2, 0) is 18.3 Å². The first-order valence-corrected chi connectivity index (χ1v) is 9.83. The van der Waals surface area contributed by atoms with E-state index in [9.17, 15) is 14.4 Å². The Kier molecular flexibility index (Phi) is 6.46. The third-order valence-electron chi connectivity index (χ3n) is 4.93. The number of amides is 2. The second-order valence-electron chi connectivity index (χ2n) is 6.82. The number of rotatable bonds is 6. The van der Waals surface area contributed by atoms with Gasteiger partial charge in [-0.15, -0.1) is 0 Å². The molecule has 0 radical (unpaired) electrons. The molecule has 30 heavy (non-hydrogen) atoms. The highest BCUT2D eigenvalue weighted by Gasteiger charge is 2.13. The molecule has 1 aromatic heterocycles. The van der Waals surface area contributed by atoms with E-state index in [0.29, 0.717) is 22.0 Å². The molecule has 2 amide bonds. The van der Waals surface area contributed by atoms with Crippen molar-refractivity contribution in [3.05, 3.63) is 70.1 Å². The Hall–Kier alpha value is -3.68. The normalized spacial score (nSPS) is 10.6. The Morgan fingerprint density at radius 2 is 1.60 bits per heavy atom. The Balaban J connectivity index is 1.65. The van der Waals surface area contributed by atoms with Crippen LogP contribution in [0.1, 0.15) is 29.9 Å². The second-order valence-corrected chi connectivity index (χ2v) is 6.82. The van der Waals surface area contributed by atoms with Crippen molar-refractivity contribution >= 4 is 28.3 Å². The first kappa shape index (κ1) is 21.0. The standard InChI is InChI=1S/C22H25N5O3/c1-4-27(5-2)16-12-10-15(11-13-16)21(29)24-23-20(28)14-19-17-8-6-7-9-18(17)22(30)26(3)25-19/h6-13H,4-5,14H2,1-3H3,(H,23,28)(H,24,29). The quantitative estimate of drug-likeness (QED) is 0.608. The minimum Gasteiger partial charge on any atom is -0.372 e. The molecule has 3 rings (SSSR count). The third-order valence-corrected chi connectivity index (χ3v) is 4.93. The van der Waals surface area contributed by atoms with E-state index >= 15 is 0 Å². The number of hydrogen-bond donors (Lipinski definition) is 2. The van der Waals surface area contributed by atoms with Crippen molar-refractivity contribution in [3.8, 4) is 0 Å². The first-order chi connectivity index (χ1) is 14.4. The number of benzene rings is 2. The number of nitrogens with zero attached hydrogens (tertiary/aromatic N) is 3. The van der Waals surface area contributed by atoms with E-state index in [4.69, 9.17) is 0 Å². The van der Waals surface area contributed by atoms with Gasteiger partial charge in [-0.3, -0.25) is 25.2 Å². The highest BCUT2D eigenvalue weighted by molar-refractivity contribution is 5.96. The van der Waals surface area contributed by atoms with Gasteiger partial charge in [-0.2, -0.15) is 5.10 Å². The maximum atomic E-state index is 12.3. The van der Waals surface area contributed by atoms with Crippen molar-refractivity contribution < 1.29 is 9.59 Å². The van der Waals surface area contributed by atoms with Crippen LogP contribution in [0.4, 0.5) is 5.69 Å². The molecule has 8 nitrogen and oxygen atoms in total. The lowest BCUT2D eigenvalue weighted by Crippen LogP contribution is -2.42. The van der Waals surface area contributed by atoms with Gasteiger partial charge in [0.05, 0.1) is 17.5 Å². The minimum atomic E-state index is -0.431. The van der Waals surface area contributed by atoms with Gasteiger partial charge in [0.2, 0.25) is 5.91 Å². The topological polar surface area (TPSA) is 96.3 Å². The number of fused-ring (bicyclic) bond motifs is 1. The van der Waals surface area contributed by atoms with Crippen molar-refractivity contribution in [2.45, 2.75) is 20.3 Å². The van der Waals surface area contributed by atoms with E-state index in [-0.39, 0.29) is 12.0 Å². The molecule has 0 unspecified atom stereocenters. The smallest absolute Gasteiger partial charge is 0.274 e. The maximum absolute atomic E-state index is 12.3. The minimum absolute atomic E-state index is 0.0736. The van der Waals surface area contributed by atoms with Crippen LogP contribution in [0.3, 0.4) is 0 Å². The average Bonchev–Trinajstić information content (AvgIpc) is 2.77. The summed E-state index contributed by atoms with van der Waals surface area (Å²) in [5.41, 5.74) is 6.55. The number of hydrazine groups is 1. The summed E-state index contributed by atoms with van der Waals surface area (Å²) in [6, 6.07) is 14.2. The lowest BCUT2D eigenvalue weighted by molar-refractivity contribution is -0.121. The Morgan fingerprint density at radius 3 is 2.23 bits per heavy atom. The predicted octanol–water partition coefficient (Wildman–Crippen LogP) is 1.78. The highest BCUT2D eigenvalue weighted by Crippen LogP contribution is 2.15. The van der Waals surface area contributed by atoms with Crippen molar-refractivity contribution in [2.24, 2.45) is 7.05 Å². The summed E-state index contributed by atoms with van der Waals surface area (Å²) < 4.78 is 1.21. The molecule has 0 saturated carbocycles. The zero-order valence-electron chi connectivity index (χ0n) is 17.3. The number of nitrogens with one attached hydrogen (secondary N) is 2. The van der Waals surface area contributed by atoms with E-state index in [1.165, 1.54) is 4.68 Å². The molecule has 3 aromatic rings. The van der Waals surface area contributed by atoms with E-state index < -0.39 is 11.8 Å². The number of anilines is 1. The molecule has 0 aliphatic heterocycles. The fourth-order valence-electron chi connectivity index (χ4n) is 3.31. The average molecular weight is 407 g/mol. The van der Waals surface area contributed by atoms with Gasteiger partial charge in [-0.1, -0.05) is 18.2 Å². The first-order valence-electron chi connectivity index (χ1n) is 9.83. The number of aryl methyl sites for hydroxylation is 1. The van der Waals surface area contributed by atoms with Crippen LogP contribution in [0, 0.1) is 0 Å². The van der Waals surface area contributed by atoms with Gasteiger partial charge in [0, 0.05) is 36.8 Å². The molecule has 0 spiro atoms. The summed E-state index contributed by atoms with van der Waals surface area (Å²) in [5, 5.41) is 5.31. The summed E-state index contributed by atoms with van der Waals surface area (Å²) in [6.07, 6.45) is -0.0736. The monoisotopic (exact) mass is 407 g/mol. The van der Waals surface area contributed by atoms with Crippen molar-refractivity contribution in [1.29, 1.82) is 0 Å². The molecule has 0 fully saturated rings. The Bertz CT molecular complexity index is 1120. The molecular weight excluding hydrogens is 382 g/mol. The van der Waals surface area contributed by atoms with Gasteiger partial charge in [-0.25, -0.2) is 4.68 Å². The second kappa shape index (κ2) is 9.21. The largest absolute Gasteiger partial charge is 0.372 e. The van der Waals surface area contributed by atoms with Crippen molar-refractivity contribution in [2.75, 3.05) is 18.0 Å². The molecule has 1 heterocycles. The summed E-state index contributed by atoms with van der Waals surface area (Å²) in [7, 11) is 1.54. The van der Waals surface area contributed by atoms with Crippen LogP contribution in [0.25, 0.3) is 10.8 Å². The molecule has 0 aliphatic rings. The lowest BCUT2D eigenvalue weighted by atomic mass is 10.1. The molecule has 8 heteroatoms. The summed E-state index contributed by atoms with van der Waals surface area (Å²) in [6.45, 7) is 5.91. The van der Waals surface area contributed by atoms with Gasteiger partial charge in [0.15, 0.2) is 0 Å². The SMILES string of the molecule is CCN(CC)c1ccc(C(=O)NNC(=O)Cc2nn(C)c(=O)c3ccccc23)cc1. The van der Waals surface area contributed by atoms with Gasteiger partial charge in [0.1, 0.15) is 0 Å². The summed E-state index contributed by atoms with van der Waals surface area (Å²) in [4.78, 5) is 39.0. The molecule has 156 valence electrons. The lowest BCUT2D eigenvalue weighted by Gasteiger charge is -2.21. The van der Waals surface area contributed by atoms with Crippen molar-refractivity contribution in [1.82, 2.24) is 20.6 Å². The zero-order chi connectivity index (χ0) is 21.7. The summed E-state index contributed by atoms with van der Waals surface area (Å²) in [5.74, 6) is -0.841. The predicted molar refractivity (Wildman–Crippen MR) is 116 cm³/mol. The third kappa shape index (κ3) is 4.48. The van der Waals surface area contributed by atoms with Crippen LogP contribution < -0.4 is 21.3 Å². The van der Waals surface area contributed by atoms with Crippen LogP contribution >= 0.6 is 0 Å². The van der Waals surface area contributed by atoms with E-state index in [1.807, 2.05) is 12.1 Å². The number of carbonyl (C=O) groups excluding carboxylic acids is 2. The summed E-state index contributed by atoms with van der Waals surface area (Å²) >= 11 is 0. The molecule has 0 atom stereocenters. The molecule has 2 aromatic carbocycles. The van der Waals surface area contributed by atoms with Crippen LogP contribution in [-0.4, -0.2) is 34.7 Å². The van der Waals surface area contributed by atoms with Crippen LogP contribution in [0.15, 0.2) is 53.3 Å². The van der Waals surface area contributed by atoms with Crippen LogP contribution in [0.2, 0.25) is 0 Å². The Labute approximate surface area is 174 Å². The maximum Gasteiger partial charge on any atom is 0.274 e. The van der Waals surface area contributed by atoms with Gasteiger partial charge in [0.25, 0.3) is 11.5 Å². The Morgan fingerprint density at radius 1 is 0.967 bits per heavy atom. The van der Waals surface area contributed by atoms with Gasteiger partial charge < -0.3 is 4.90 Å². The van der Waals surface area contributed by atoms with Gasteiger partial charge >= 0.3 is 0 Å². The number of carbonyl (C=O) groups is 2. The number of hydrogen-bond acceptors (Lipinski definition) is 5. The van der Waals surface area contributed by atoms with Gasteiger partial charge in [-0.05, 0) is 44.2 Å². The molecule has 0 saturated heterocycles. The van der Waals surface area contributed by atoms with E-state index in [0.717, 1.165) is 18.8 Å². The molecule has 2 N–H and O–H groups in total. The van der Waals surface area contributed by atoms with Crippen molar-refractivity contribution in [3.63, 3.8) is 0 Å². The molecule has 0 bridgehead atoms. The van der Waals surface area contributed by atoms with E-state index in [1.54, 1.807) is 43.4 Å². The molecular formula is C22H25N5O3.